The van der Waals surface area contributed by atoms with E-state index in [0.29, 0.717) is 5.16 Å². The fourth-order valence-electron chi connectivity index (χ4n) is 2.01. The predicted molar refractivity (Wildman–Crippen MR) is 85.8 cm³/mol. The molecule has 1 aromatic heterocycles. The second-order valence-electron chi connectivity index (χ2n) is 5.20. The largest absolute Gasteiger partial charge is 0.344 e. The molecule has 0 bridgehead atoms. The SMILES string of the molecule is CCCNCc1ccc(Sc2n[nH]c(=O)n2C(C)C)cc1. The molecule has 0 saturated heterocycles. The lowest BCUT2D eigenvalue weighted by Gasteiger charge is -2.09. The maximum absolute atomic E-state index is 11.7. The van der Waals surface area contributed by atoms with Gasteiger partial charge in [-0.3, -0.25) is 4.57 Å². The van der Waals surface area contributed by atoms with Gasteiger partial charge in [-0.05, 0) is 56.3 Å². The van der Waals surface area contributed by atoms with Crippen LogP contribution >= 0.6 is 11.8 Å². The summed E-state index contributed by atoms with van der Waals surface area (Å²) in [5.74, 6) is 0. The Hall–Kier alpha value is -1.53. The molecule has 114 valence electrons. The van der Waals surface area contributed by atoms with Crippen LogP contribution < -0.4 is 11.0 Å². The molecule has 0 atom stereocenters. The maximum Gasteiger partial charge on any atom is 0.344 e. The number of rotatable bonds is 7. The topological polar surface area (TPSA) is 62.7 Å². The summed E-state index contributed by atoms with van der Waals surface area (Å²) in [4.78, 5) is 12.8. The van der Waals surface area contributed by atoms with Crippen LogP contribution in [0.3, 0.4) is 0 Å². The Balaban J connectivity index is 2.05. The van der Waals surface area contributed by atoms with Gasteiger partial charge in [-0.15, -0.1) is 5.10 Å². The summed E-state index contributed by atoms with van der Waals surface area (Å²) >= 11 is 1.50. The molecule has 5 nitrogen and oxygen atoms in total. The standard InChI is InChI=1S/C15H22N4OS/c1-4-9-16-10-12-5-7-13(8-6-12)21-15-18-17-14(20)19(15)11(2)3/h5-8,11,16H,4,9-10H2,1-3H3,(H,17,20). The lowest BCUT2D eigenvalue weighted by Crippen LogP contribution is -2.19. The molecule has 0 aliphatic carbocycles. The number of aromatic amines is 1. The van der Waals surface area contributed by atoms with Crippen molar-refractivity contribution in [3.63, 3.8) is 0 Å². The summed E-state index contributed by atoms with van der Waals surface area (Å²) in [6.45, 7) is 8.03. The van der Waals surface area contributed by atoms with Gasteiger partial charge in [-0.1, -0.05) is 19.1 Å². The first-order valence-corrected chi connectivity index (χ1v) is 8.08. The first-order chi connectivity index (χ1) is 10.1. The van der Waals surface area contributed by atoms with Crippen LogP contribution in [0.5, 0.6) is 0 Å². The molecule has 0 unspecified atom stereocenters. The lowest BCUT2D eigenvalue weighted by molar-refractivity contribution is 0.534. The summed E-state index contributed by atoms with van der Waals surface area (Å²) in [5.41, 5.74) is 1.10. The zero-order valence-electron chi connectivity index (χ0n) is 12.7. The Morgan fingerprint density at radius 1 is 1.33 bits per heavy atom. The monoisotopic (exact) mass is 306 g/mol. The minimum absolute atomic E-state index is 0.0938. The highest BCUT2D eigenvalue weighted by Crippen LogP contribution is 2.26. The molecule has 0 radical (unpaired) electrons. The highest BCUT2D eigenvalue weighted by atomic mass is 32.2. The van der Waals surface area contributed by atoms with E-state index in [9.17, 15) is 4.79 Å². The van der Waals surface area contributed by atoms with E-state index >= 15 is 0 Å². The molecule has 2 N–H and O–H groups in total. The molecule has 0 aliphatic heterocycles. The summed E-state index contributed by atoms with van der Waals surface area (Å²) in [6, 6.07) is 8.44. The van der Waals surface area contributed by atoms with Crippen molar-refractivity contribution >= 4 is 11.8 Å². The summed E-state index contributed by atoms with van der Waals surface area (Å²) < 4.78 is 1.67. The Bertz CT molecular complexity index is 615. The second-order valence-corrected chi connectivity index (χ2v) is 6.24. The van der Waals surface area contributed by atoms with Gasteiger partial charge in [0, 0.05) is 17.5 Å². The van der Waals surface area contributed by atoms with E-state index in [1.807, 2.05) is 13.8 Å². The third kappa shape index (κ3) is 4.22. The Kier molecular flexibility index (Phi) is 5.64. The molecule has 0 saturated carbocycles. The van der Waals surface area contributed by atoms with Crippen molar-refractivity contribution in [1.82, 2.24) is 20.1 Å². The van der Waals surface area contributed by atoms with Crippen LogP contribution in [0.15, 0.2) is 39.1 Å². The van der Waals surface area contributed by atoms with Crippen LogP contribution in [0.2, 0.25) is 0 Å². The molecule has 0 spiro atoms. The Morgan fingerprint density at radius 2 is 2.05 bits per heavy atom. The minimum atomic E-state index is -0.159. The van der Waals surface area contributed by atoms with Crippen molar-refractivity contribution in [3.05, 3.63) is 40.3 Å². The van der Waals surface area contributed by atoms with Crippen LogP contribution in [-0.4, -0.2) is 21.3 Å². The summed E-state index contributed by atoms with van der Waals surface area (Å²) in [7, 11) is 0. The number of nitrogens with one attached hydrogen (secondary N) is 2. The van der Waals surface area contributed by atoms with E-state index in [1.54, 1.807) is 4.57 Å². The van der Waals surface area contributed by atoms with Crippen LogP contribution in [-0.2, 0) is 6.54 Å². The molecule has 21 heavy (non-hydrogen) atoms. The smallest absolute Gasteiger partial charge is 0.313 e. The molecule has 1 aromatic carbocycles. The Labute approximate surface area is 129 Å². The number of benzene rings is 1. The van der Waals surface area contributed by atoms with Gasteiger partial charge in [0.05, 0.1) is 0 Å². The average molecular weight is 306 g/mol. The van der Waals surface area contributed by atoms with Crippen molar-refractivity contribution in [2.24, 2.45) is 0 Å². The fourth-order valence-corrected chi connectivity index (χ4v) is 2.97. The minimum Gasteiger partial charge on any atom is -0.313 e. The molecule has 0 amide bonds. The van der Waals surface area contributed by atoms with Gasteiger partial charge in [-0.25, -0.2) is 9.89 Å². The zero-order valence-corrected chi connectivity index (χ0v) is 13.5. The average Bonchev–Trinajstić information content (AvgIpc) is 2.82. The van der Waals surface area contributed by atoms with Gasteiger partial charge in [0.1, 0.15) is 0 Å². The van der Waals surface area contributed by atoms with Crippen LogP contribution in [0, 0.1) is 0 Å². The molecule has 0 aliphatic rings. The molecular formula is C15H22N4OS. The van der Waals surface area contributed by atoms with Gasteiger partial charge in [0.15, 0.2) is 5.16 Å². The highest BCUT2D eigenvalue weighted by molar-refractivity contribution is 7.99. The van der Waals surface area contributed by atoms with Gasteiger partial charge < -0.3 is 5.32 Å². The first-order valence-electron chi connectivity index (χ1n) is 7.26. The van der Waals surface area contributed by atoms with E-state index in [-0.39, 0.29) is 11.7 Å². The van der Waals surface area contributed by atoms with Crippen LogP contribution in [0.4, 0.5) is 0 Å². The van der Waals surface area contributed by atoms with Gasteiger partial charge in [0.2, 0.25) is 0 Å². The number of H-pyrrole nitrogens is 1. The molecule has 2 aromatic rings. The number of hydrogen-bond acceptors (Lipinski definition) is 4. The van der Waals surface area contributed by atoms with Gasteiger partial charge >= 0.3 is 5.69 Å². The third-order valence-electron chi connectivity index (χ3n) is 3.08. The molecule has 6 heteroatoms. The van der Waals surface area contributed by atoms with Crippen molar-refractivity contribution in [2.75, 3.05) is 6.54 Å². The second kappa shape index (κ2) is 7.47. The maximum atomic E-state index is 11.7. The van der Waals surface area contributed by atoms with Gasteiger partial charge in [0.25, 0.3) is 0 Å². The van der Waals surface area contributed by atoms with Crippen LogP contribution in [0.1, 0.15) is 38.8 Å². The number of aromatic nitrogens is 3. The van der Waals surface area contributed by atoms with E-state index in [1.165, 1.54) is 17.3 Å². The summed E-state index contributed by atoms with van der Waals surface area (Å²) in [6.07, 6.45) is 1.14. The molecule has 2 rings (SSSR count). The van der Waals surface area contributed by atoms with Crippen molar-refractivity contribution in [2.45, 2.75) is 49.8 Å². The molecular weight excluding hydrogens is 284 g/mol. The van der Waals surface area contributed by atoms with Crippen molar-refractivity contribution in [1.29, 1.82) is 0 Å². The number of nitrogens with zero attached hydrogens (tertiary/aromatic N) is 2. The zero-order chi connectivity index (χ0) is 15.2. The number of hydrogen-bond donors (Lipinski definition) is 2. The Morgan fingerprint density at radius 3 is 2.67 bits per heavy atom. The molecule has 0 fully saturated rings. The fraction of sp³-hybridized carbons (Fsp3) is 0.467. The van der Waals surface area contributed by atoms with Crippen LogP contribution in [0.25, 0.3) is 0 Å². The van der Waals surface area contributed by atoms with E-state index < -0.39 is 0 Å². The normalized spacial score (nSPS) is 11.2. The van der Waals surface area contributed by atoms with Crippen molar-refractivity contribution in [3.8, 4) is 0 Å². The first kappa shape index (κ1) is 15.9. The van der Waals surface area contributed by atoms with Gasteiger partial charge in [-0.2, -0.15) is 0 Å². The van der Waals surface area contributed by atoms with Crippen molar-refractivity contribution < 1.29 is 0 Å². The molecule has 1 heterocycles. The lowest BCUT2D eigenvalue weighted by atomic mass is 10.2. The third-order valence-corrected chi connectivity index (χ3v) is 4.06. The van der Waals surface area contributed by atoms with E-state index in [4.69, 9.17) is 0 Å². The highest BCUT2D eigenvalue weighted by Gasteiger charge is 2.12. The van der Waals surface area contributed by atoms with E-state index in [2.05, 4.69) is 46.7 Å². The van der Waals surface area contributed by atoms with E-state index in [0.717, 1.165) is 24.4 Å². The predicted octanol–water partition coefficient (Wildman–Crippen LogP) is 2.80. The quantitative estimate of drug-likeness (QED) is 0.772. The summed E-state index contributed by atoms with van der Waals surface area (Å²) in [5, 5.41) is 10.7.